The molecule has 0 bridgehead atoms. The highest BCUT2D eigenvalue weighted by molar-refractivity contribution is 7.89. The van der Waals surface area contributed by atoms with E-state index in [1.807, 2.05) is 12.1 Å². The van der Waals surface area contributed by atoms with Crippen LogP contribution in [0.4, 0.5) is 0 Å². The van der Waals surface area contributed by atoms with Gasteiger partial charge in [-0.25, -0.2) is 8.42 Å². The van der Waals surface area contributed by atoms with Crippen molar-refractivity contribution in [1.82, 2.24) is 4.31 Å². The second-order valence-electron chi connectivity index (χ2n) is 5.10. The topological polar surface area (TPSA) is 74.7 Å². The normalized spacial score (nSPS) is 23.1. The maximum absolute atomic E-state index is 12.7. The quantitative estimate of drug-likeness (QED) is 0.855. The molecule has 0 radical (unpaired) electrons. The fourth-order valence-electron chi connectivity index (χ4n) is 2.53. The van der Waals surface area contributed by atoms with Gasteiger partial charge in [-0.3, -0.25) is 4.79 Å². The van der Waals surface area contributed by atoms with Crippen molar-refractivity contribution in [3.63, 3.8) is 0 Å². The molecule has 0 aromatic heterocycles. The molecule has 1 atom stereocenters. The van der Waals surface area contributed by atoms with Gasteiger partial charge in [-0.15, -0.1) is 0 Å². The van der Waals surface area contributed by atoms with E-state index in [9.17, 15) is 13.2 Å². The largest absolute Gasteiger partial charge is 0.480 e. The summed E-state index contributed by atoms with van der Waals surface area (Å²) in [6.45, 7) is 0.109. The van der Waals surface area contributed by atoms with E-state index < -0.39 is 22.0 Å². The highest BCUT2D eigenvalue weighted by Crippen LogP contribution is 2.43. The van der Waals surface area contributed by atoms with Gasteiger partial charge < -0.3 is 5.11 Å². The Labute approximate surface area is 117 Å². The van der Waals surface area contributed by atoms with Crippen molar-refractivity contribution in [1.29, 1.82) is 0 Å². The summed E-state index contributed by atoms with van der Waals surface area (Å²) in [5.74, 6) is -0.856. The summed E-state index contributed by atoms with van der Waals surface area (Å²) in [6.07, 6.45) is 4.98. The fraction of sp³-hybridized carbons (Fsp3) is 0.357. The van der Waals surface area contributed by atoms with E-state index in [4.69, 9.17) is 5.11 Å². The maximum Gasteiger partial charge on any atom is 0.326 e. The SMILES string of the molecule is O=C(O)C1C=CCN1S(=O)(=O)c1ccccc1C1CC1. The lowest BCUT2D eigenvalue weighted by molar-refractivity contribution is -0.139. The van der Waals surface area contributed by atoms with Crippen molar-refractivity contribution in [2.75, 3.05) is 6.54 Å². The predicted molar refractivity (Wildman–Crippen MR) is 72.9 cm³/mol. The van der Waals surface area contributed by atoms with Crippen LogP contribution in [-0.2, 0) is 14.8 Å². The molecule has 0 spiro atoms. The summed E-state index contributed by atoms with van der Waals surface area (Å²) < 4.78 is 26.5. The Morgan fingerprint density at radius 3 is 2.60 bits per heavy atom. The monoisotopic (exact) mass is 293 g/mol. The van der Waals surface area contributed by atoms with Crippen LogP contribution in [0.2, 0.25) is 0 Å². The number of sulfonamides is 1. The fourth-order valence-corrected chi connectivity index (χ4v) is 4.31. The molecule has 1 aromatic rings. The minimum atomic E-state index is -3.78. The first-order chi connectivity index (χ1) is 9.51. The van der Waals surface area contributed by atoms with Crippen molar-refractivity contribution < 1.29 is 18.3 Å². The molecule has 106 valence electrons. The molecule has 1 N–H and O–H groups in total. The molecule has 6 heteroatoms. The van der Waals surface area contributed by atoms with Crippen LogP contribution in [0, 0.1) is 0 Å². The number of hydrogen-bond donors (Lipinski definition) is 1. The summed E-state index contributed by atoms with van der Waals surface area (Å²) in [6, 6.07) is 5.79. The first-order valence-electron chi connectivity index (χ1n) is 6.52. The number of rotatable bonds is 4. The highest BCUT2D eigenvalue weighted by atomic mass is 32.2. The number of aliphatic carboxylic acids is 1. The molecule has 1 aliphatic heterocycles. The second kappa shape index (κ2) is 4.71. The zero-order chi connectivity index (χ0) is 14.3. The minimum Gasteiger partial charge on any atom is -0.480 e. The molecular formula is C14H15NO4S. The van der Waals surface area contributed by atoms with Crippen LogP contribution in [0.25, 0.3) is 0 Å². The van der Waals surface area contributed by atoms with E-state index in [2.05, 4.69) is 0 Å². The van der Waals surface area contributed by atoms with Gasteiger partial charge in [0, 0.05) is 6.54 Å². The van der Waals surface area contributed by atoms with Gasteiger partial charge in [-0.05, 0) is 30.4 Å². The molecule has 1 unspecified atom stereocenters. The summed E-state index contributed by atoms with van der Waals surface area (Å²) in [7, 11) is -3.78. The van der Waals surface area contributed by atoms with Gasteiger partial charge in [-0.1, -0.05) is 30.4 Å². The van der Waals surface area contributed by atoms with Crippen LogP contribution in [0.5, 0.6) is 0 Å². The first-order valence-corrected chi connectivity index (χ1v) is 7.96. The third-order valence-corrected chi connectivity index (χ3v) is 5.61. The number of carboxylic acids is 1. The second-order valence-corrected chi connectivity index (χ2v) is 6.96. The Morgan fingerprint density at radius 1 is 1.25 bits per heavy atom. The average Bonchev–Trinajstić information content (AvgIpc) is 3.14. The Balaban J connectivity index is 2.02. The predicted octanol–water partition coefficient (Wildman–Crippen LogP) is 1.58. The van der Waals surface area contributed by atoms with Crippen molar-refractivity contribution in [3.05, 3.63) is 42.0 Å². The lowest BCUT2D eigenvalue weighted by Gasteiger charge is -2.22. The standard InChI is InChI=1S/C14H15NO4S/c16-14(17)12-5-3-9-15(12)20(18,19)13-6-2-1-4-11(13)10-7-8-10/h1-6,10,12H,7-9H2,(H,16,17). The van der Waals surface area contributed by atoms with Gasteiger partial charge in [0.15, 0.2) is 0 Å². The van der Waals surface area contributed by atoms with Crippen LogP contribution in [-0.4, -0.2) is 36.4 Å². The Morgan fingerprint density at radius 2 is 1.95 bits per heavy atom. The van der Waals surface area contributed by atoms with Gasteiger partial charge in [0.25, 0.3) is 0 Å². The molecule has 1 saturated carbocycles. The lowest BCUT2D eigenvalue weighted by atomic mass is 10.1. The van der Waals surface area contributed by atoms with E-state index in [1.165, 1.54) is 6.08 Å². The molecule has 1 heterocycles. The third-order valence-electron chi connectivity index (χ3n) is 3.69. The number of carboxylic acid groups (broad SMARTS) is 1. The first kappa shape index (κ1) is 13.3. The van der Waals surface area contributed by atoms with Crippen LogP contribution in [0.15, 0.2) is 41.3 Å². The molecule has 1 aliphatic carbocycles. The van der Waals surface area contributed by atoms with Gasteiger partial charge >= 0.3 is 5.97 Å². The maximum atomic E-state index is 12.7. The molecule has 20 heavy (non-hydrogen) atoms. The van der Waals surface area contributed by atoms with Crippen molar-refractivity contribution in [3.8, 4) is 0 Å². The molecule has 5 nitrogen and oxygen atoms in total. The third kappa shape index (κ3) is 2.14. The Bertz CT molecular complexity index is 676. The highest BCUT2D eigenvalue weighted by Gasteiger charge is 2.39. The van der Waals surface area contributed by atoms with Crippen molar-refractivity contribution in [2.24, 2.45) is 0 Å². The Hall–Kier alpha value is -1.66. The molecule has 0 saturated heterocycles. The number of benzene rings is 1. The molecule has 1 fully saturated rings. The number of nitrogens with zero attached hydrogens (tertiary/aromatic N) is 1. The molecule has 3 rings (SSSR count). The van der Waals surface area contributed by atoms with Gasteiger partial charge in [0.05, 0.1) is 4.90 Å². The number of hydrogen-bond acceptors (Lipinski definition) is 3. The van der Waals surface area contributed by atoms with E-state index in [0.717, 1.165) is 22.7 Å². The van der Waals surface area contributed by atoms with Gasteiger partial charge in [0.2, 0.25) is 10.0 Å². The lowest BCUT2D eigenvalue weighted by Crippen LogP contribution is -2.41. The molecule has 2 aliphatic rings. The summed E-state index contributed by atoms with van der Waals surface area (Å²) in [4.78, 5) is 11.4. The minimum absolute atomic E-state index is 0.109. The van der Waals surface area contributed by atoms with Crippen LogP contribution in [0.1, 0.15) is 24.3 Å². The Kier molecular flexibility index (Phi) is 3.14. The zero-order valence-corrected chi connectivity index (χ0v) is 11.6. The molecular weight excluding hydrogens is 278 g/mol. The summed E-state index contributed by atoms with van der Waals surface area (Å²) in [5.41, 5.74) is 0.809. The van der Waals surface area contributed by atoms with Crippen molar-refractivity contribution >= 4 is 16.0 Å². The van der Waals surface area contributed by atoms with E-state index in [1.54, 1.807) is 18.2 Å². The van der Waals surface area contributed by atoms with E-state index >= 15 is 0 Å². The summed E-state index contributed by atoms with van der Waals surface area (Å²) in [5, 5.41) is 9.13. The van der Waals surface area contributed by atoms with Gasteiger partial charge in [-0.2, -0.15) is 4.31 Å². The molecule has 0 amide bonds. The average molecular weight is 293 g/mol. The van der Waals surface area contributed by atoms with Gasteiger partial charge in [0.1, 0.15) is 6.04 Å². The zero-order valence-electron chi connectivity index (χ0n) is 10.8. The molecule has 1 aromatic carbocycles. The van der Waals surface area contributed by atoms with Crippen LogP contribution < -0.4 is 0 Å². The van der Waals surface area contributed by atoms with Crippen molar-refractivity contribution in [2.45, 2.75) is 29.7 Å². The smallest absolute Gasteiger partial charge is 0.326 e. The van der Waals surface area contributed by atoms with Crippen LogP contribution in [0.3, 0.4) is 0 Å². The summed E-state index contributed by atoms with van der Waals surface area (Å²) >= 11 is 0. The number of carbonyl (C=O) groups is 1. The van der Waals surface area contributed by atoms with E-state index in [-0.39, 0.29) is 11.4 Å². The van der Waals surface area contributed by atoms with E-state index in [0.29, 0.717) is 5.92 Å². The van der Waals surface area contributed by atoms with Crippen LogP contribution >= 0.6 is 0 Å².